The van der Waals surface area contributed by atoms with Crippen molar-refractivity contribution in [1.29, 1.82) is 0 Å². The first-order chi connectivity index (χ1) is 14.4. The number of rotatable bonds is 2. The van der Waals surface area contributed by atoms with E-state index in [0.717, 1.165) is 107 Å². The van der Waals surface area contributed by atoms with Gasteiger partial charge in [-0.3, -0.25) is 0 Å². The van der Waals surface area contributed by atoms with Crippen LogP contribution in [0.4, 0.5) is 0 Å². The molecule has 0 radical (unpaired) electrons. The Hall–Kier alpha value is 0. The molecule has 4 aliphatic rings. The van der Waals surface area contributed by atoms with E-state index in [9.17, 15) is 0 Å². The van der Waals surface area contributed by atoms with Crippen molar-refractivity contribution in [3.8, 4) is 0 Å². The normalized spacial score (nSPS) is 64.3. The van der Waals surface area contributed by atoms with Gasteiger partial charge in [0.15, 0.2) is 0 Å². The first-order valence-electron chi connectivity index (χ1n) is 14.4. The van der Waals surface area contributed by atoms with E-state index >= 15 is 0 Å². The SMILES string of the molecule is CC1C(C)C(C)C2C(CC3C(C)C(C)C4C(C)C(C)C(C)C(C)C34)C(C)C(C)C2C1C. The Balaban J connectivity index is 1.65. The van der Waals surface area contributed by atoms with Gasteiger partial charge in [0.05, 0.1) is 0 Å². The highest BCUT2D eigenvalue weighted by Gasteiger charge is 2.59. The van der Waals surface area contributed by atoms with Crippen LogP contribution in [0.1, 0.15) is 89.5 Å². The Kier molecular flexibility index (Phi) is 6.49. The molecule has 0 saturated heterocycles. The predicted octanol–water partition coefficient (Wildman–Crippen LogP) is 8.76. The number of hydrogen-bond acceptors (Lipinski definition) is 0. The van der Waals surface area contributed by atoms with Gasteiger partial charge in [-0.2, -0.15) is 0 Å². The molecule has 0 nitrogen and oxygen atoms in total. The van der Waals surface area contributed by atoms with Gasteiger partial charge in [-0.05, 0) is 113 Å². The van der Waals surface area contributed by atoms with Crippen molar-refractivity contribution >= 4 is 0 Å². The molecule has 0 heterocycles. The van der Waals surface area contributed by atoms with E-state index < -0.39 is 0 Å². The zero-order valence-electron chi connectivity index (χ0n) is 23.1. The van der Waals surface area contributed by atoms with Crippen molar-refractivity contribution in [2.75, 3.05) is 0 Å². The average Bonchev–Trinajstić information content (AvgIpc) is 3.13. The molecule has 0 heteroatoms. The van der Waals surface area contributed by atoms with Gasteiger partial charge >= 0.3 is 0 Å². The Labute approximate surface area is 196 Å². The summed E-state index contributed by atoms with van der Waals surface area (Å²) in [5.41, 5.74) is 0. The van der Waals surface area contributed by atoms with Crippen molar-refractivity contribution < 1.29 is 0 Å². The van der Waals surface area contributed by atoms with Crippen LogP contribution in [0, 0.1) is 107 Å². The fraction of sp³-hybridized carbons (Fsp3) is 1.00. The van der Waals surface area contributed by atoms with Crippen LogP contribution in [-0.4, -0.2) is 0 Å². The Bertz CT molecular complexity index is 582. The van der Waals surface area contributed by atoms with Gasteiger partial charge in [0.1, 0.15) is 0 Å². The van der Waals surface area contributed by atoms with Crippen molar-refractivity contribution in [1.82, 2.24) is 0 Å². The molecule has 4 fully saturated rings. The van der Waals surface area contributed by atoms with E-state index in [0.29, 0.717) is 0 Å². The van der Waals surface area contributed by atoms with Crippen molar-refractivity contribution in [2.45, 2.75) is 89.5 Å². The van der Waals surface area contributed by atoms with E-state index in [1.165, 1.54) is 6.42 Å². The molecular weight excluding hydrogens is 372 g/mol. The Morgan fingerprint density at radius 1 is 0.258 bits per heavy atom. The van der Waals surface area contributed by atoms with Gasteiger partial charge in [-0.1, -0.05) is 83.1 Å². The molecule has 4 aliphatic carbocycles. The van der Waals surface area contributed by atoms with Crippen LogP contribution in [-0.2, 0) is 0 Å². The summed E-state index contributed by atoms with van der Waals surface area (Å²) in [6, 6.07) is 0. The highest BCUT2D eigenvalue weighted by molar-refractivity contribution is 5.07. The molecular formula is C31H56. The van der Waals surface area contributed by atoms with Gasteiger partial charge < -0.3 is 0 Å². The van der Waals surface area contributed by atoms with E-state index in [2.05, 4.69) is 83.1 Å². The number of hydrogen-bond donors (Lipinski definition) is 0. The summed E-state index contributed by atoms with van der Waals surface area (Å²) in [4.78, 5) is 0. The molecule has 4 saturated carbocycles. The van der Waals surface area contributed by atoms with E-state index in [4.69, 9.17) is 0 Å². The van der Waals surface area contributed by atoms with Crippen LogP contribution in [0.3, 0.4) is 0 Å². The first kappa shape index (κ1) is 24.1. The molecule has 18 atom stereocenters. The molecule has 0 bridgehead atoms. The van der Waals surface area contributed by atoms with Crippen LogP contribution in [0.15, 0.2) is 0 Å². The second-order valence-corrected chi connectivity index (χ2v) is 14.2. The smallest absolute Gasteiger partial charge is 0.0321 e. The molecule has 0 aromatic rings. The maximum atomic E-state index is 2.65. The number of fused-ring (bicyclic) bond motifs is 2. The lowest BCUT2D eigenvalue weighted by Crippen LogP contribution is -2.45. The van der Waals surface area contributed by atoms with Gasteiger partial charge in [-0.15, -0.1) is 0 Å². The van der Waals surface area contributed by atoms with E-state index in [-0.39, 0.29) is 0 Å². The zero-order valence-corrected chi connectivity index (χ0v) is 23.1. The Morgan fingerprint density at radius 2 is 0.484 bits per heavy atom. The molecule has 0 N–H and O–H groups in total. The topological polar surface area (TPSA) is 0 Å². The molecule has 0 aromatic carbocycles. The third-order valence-electron chi connectivity index (χ3n) is 14.1. The summed E-state index contributed by atoms with van der Waals surface area (Å²) < 4.78 is 0. The van der Waals surface area contributed by atoms with Crippen LogP contribution in [0.2, 0.25) is 0 Å². The summed E-state index contributed by atoms with van der Waals surface area (Å²) in [6.07, 6.45) is 1.54. The summed E-state index contributed by atoms with van der Waals surface area (Å²) in [7, 11) is 0. The fourth-order valence-electron chi connectivity index (χ4n) is 11.0. The molecule has 31 heavy (non-hydrogen) atoms. The zero-order chi connectivity index (χ0) is 23.1. The van der Waals surface area contributed by atoms with Crippen molar-refractivity contribution in [3.63, 3.8) is 0 Å². The molecule has 0 spiro atoms. The molecule has 180 valence electrons. The summed E-state index contributed by atoms with van der Waals surface area (Å²) in [5, 5.41) is 0. The maximum Gasteiger partial charge on any atom is -0.0321 e. The molecule has 0 aromatic heterocycles. The summed E-state index contributed by atoms with van der Waals surface area (Å²) in [6.45, 7) is 31.4. The van der Waals surface area contributed by atoms with Gasteiger partial charge in [0.2, 0.25) is 0 Å². The van der Waals surface area contributed by atoms with Gasteiger partial charge in [0, 0.05) is 0 Å². The minimum absolute atomic E-state index is 0.887. The summed E-state index contributed by atoms with van der Waals surface area (Å²) in [5.74, 6) is 16.6. The van der Waals surface area contributed by atoms with Crippen LogP contribution < -0.4 is 0 Å². The fourth-order valence-corrected chi connectivity index (χ4v) is 11.0. The average molecular weight is 429 g/mol. The van der Waals surface area contributed by atoms with Crippen LogP contribution in [0.25, 0.3) is 0 Å². The quantitative estimate of drug-likeness (QED) is 0.412. The summed E-state index contributed by atoms with van der Waals surface area (Å²) >= 11 is 0. The first-order valence-corrected chi connectivity index (χ1v) is 14.4. The standard InChI is InChI=1S/C31H56/c1-14-16(3)22(9)30-26(18(5)24(11)28(30)20(14)7)13-27-19(6)25(12)29-21(8)15(2)17(4)23(10)31(27)29/h14-31H,13H2,1-12H3. The maximum absolute atomic E-state index is 2.65. The van der Waals surface area contributed by atoms with Gasteiger partial charge in [-0.25, -0.2) is 0 Å². The lowest BCUT2D eigenvalue weighted by molar-refractivity contribution is -0.0209. The third-order valence-corrected chi connectivity index (χ3v) is 14.1. The predicted molar refractivity (Wildman–Crippen MR) is 136 cm³/mol. The second-order valence-electron chi connectivity index (χ2n) is 14.2. The third kappa shape index (κ3) is 3.33. The van der Waals surface area contributed by atoms with Crippen molar-refractivity contribution in [3.05, 3.63) is 0 Å². The Morgan fingerprint density at radius 3 is 0.774 bits per heavy atom. The van der Waals surface area contributed by atoms with Crippen LogP contribution in [0.5, 0.6) is 0 Å². The monoisotopic (exact) mass is 428 g/mol. The highest BCUT2D eigenvalue weighted by Crippen LogP contribution is 2.65. The van der Waals surface area contributed by atoms with Crippen LogP contribution >= 0.6 is 0 Å². The lowest BCUT2D eigenvalue weighted by atomic mass is 9.55. The molecule has 0 aliphatic heterocycles. The lowest BCUT2D eigenvalue weighted by Gasteiger charge is -2.50. The van der Waals surface area contributed by atoms with Gasteiger partial charge in [0.25, 0.3) is 0 Å². The molecule has 18 unspecified atom stereocenters. The molecule has 0 amide bonds. The minimum Gasteiger partial charge on any atom is -0.0620 e. The van der Waals surface area contributed by atoms with E-state index in [1.54, 1.807) is 0 Å². The van der Waals surface area contributed by atoms with E-state index in [1.807, 2.05) is 0 Å². The largest absolute Gasteiger partial charge is 0.0620 e. The highest BCUT2D eigenvalue weighted by atomic mass is 14.6. The minimum atomic E-state index is 0.887. The molecule has 4 rings (SSSR count). The second kappa shape index (κ2) is 8.34. The van der Waals surface area contributed by atoms with Crippen molar-refractivity contribution in [2.24, 2.45) is 107 Å².